The number of hydrazone groups is 1. The Morgan fingerprint density at radius 1 is 1.65 bits per heavy atom. The molecule has 0 aliphatic rings. The zero-order valence-corrected chi connectivity index (χ0v) is 10.9. The molecule has 1 aromatic carbocycles. The Labute approximate surface area is 107 Å². The minimum Gasteiger partial charge on any atom is -0.504 e. The van der Waals surface area contributed by atoms with Gasteiger partial charge < -0.3 is 15.6 Å². The highest BCUT2D eigenvalue weighted by molar-refractivity contribution is 9.10. The molecule has 0 aliphatic heterocycles. The van der Waals surface area contributed by atoms with Gasteiger partial charge in [0.2, 0.25) is 0 Å². The maximum atomic E-state index is 10.7. The highest BCUT2D eigenvalue weighted by atomic mass is 79.9. The molecule has 6 nitrogen and oxygen atoms in total. The van der Waals surface area contributed by atoms with Gasteiger partial charge in [0.1, 0.15) is 0 Å². The summed E-state index contributed by atoms with van der Waals surface area (Å²) < 4.78 is 5.69. The first kappa shape index (κ1) is 13.3. The third-order valence-electron chi connectivity index (χ3n) is 1.98. The minimum atomic E-state index is -0.692. The van der Waals surface area contributed by atoms with Crippen molar-refractivity contribution in [2.24, 2.45) is 10.8 Å². The first-order valence-electron chi connectivity index (χ1n) is 4.59. The summed E-state index contributed by atoms with van der Waals surface area (Å²) in [4.78, 5) is 10.7. The second-order valence-corrected chi connectivity index (χ2v) is 4.07. The lowest BCUT2D eigenvalue weighted by Gasteiger charge is -2.08. The highest BCUT2D eigenvalue weighted by Crippen LogP contribution is 2.32. The van der Waals surface area contributed by atoms with Crippen LogP contribution in [-0.2, 0) is 0 Å². The molecule has 3 N–H and O–H groups in total. The monoisotopic (exact) mass is 301 g/mol. The van der Waals surface area contributed by atoms with Crippen molar-refractivity contribution in [3.8, 4) is 11.5 Å². The predicted molar refractivity (Wildman–Crippen MR) is 67.3 cm³/mol. The van der Waals surface area contributed by atoms with E-state index in [9.17, 15) is 9.90 Å². The summed E-state index contributed by atoms with van der Waals surface area (Å²) in [5, 5.41) is 14.5. The summed E-state index contributed by atoms with van der Waals surface area (Å²) >= 11 is 3.27. The Morgan fingerprint density at radius 3 is 2.82 bits per heavy atom. The molecule has 0 bridgehead atoms. The molecule has 0 spiro atoms. The van der Waals surface area contributed by atoms with Crippen LogP contribution in [0.2, 0.25) is 0 Å². The molecule has 1 aromatic rings. The van der Waals surface area contributed by atoms with Crippen molar-refractivity contribution in [3.63, 3.8) is 0 Å². The van der Waals surface area contributed by atoms with Crippen LogP contribution in [0.25, 0.3) is 0 Å². The van der Waals surface area contributed by atoms with Gasteiger partial charge in [-0.2, -0.15) is 5.10 Å². The van der Waals surface area contributed by atoms with Gasteiger partial charge in [0.05, 0.1) is 13.3 Å². The molecule has 0 unspecified atom stereocenters. The van der Waals surface area contributed by atoms with Crippen LogP contribution in [0.5, 0.6) is 11.5 Å². The molecule has 0 saturated carbocycles. The van der Waals surface area contributed by atoms with E-state index in [0.29, 0.717) is 11.3 Å². The number of urea groups is 1. The van der Waals surface area contributed by atoms with Crippen LogP contribution in [0.4, 0.5) is 4.79 Å². The van der Waals surface area contributed by atoms with E-state index in [1.807, 2.05) is 0 Å². The molecule has 7 heteroatoms. The van der Waals surface area contributed by atoms with E-state index in [0.717, 1.165) is 9.48 Å². The summed E-state index contributed by atoms with van der Waals surface area (Å²) in [6.45, 7) is 0. The van der Waals surface area contributed by atoms with Gasteiger partial charge in [-0.3, -0.25) is 0 Å². The van der Waals surface area contributed by atoms with Crippen LogP contribution in [0.3, 0.4) is 0 Å². The molecular formula is C10H12BrN3O3. The Bertz CT molecular complexity index is 462. The Hall–Kier alpha value is -1.76. The van der Waals surface area contributed by atoms with Crippen molar-refractivity contribution >= 4 is 28.2 Å². The fourth-order valence-corrected chi connectivity index (χ4v) is 1.51. The Balaban J connectivity index is 3.06. The van der Waals surface area contributed by atoms with Gasteiger partial charge in [0.15, 0.2) is 11.5 Å². The normalized spacial score (nSPS) is 10.5. The van der Waals surface area contributed by atoms with Gasteiger partial charge >= 0.3 is 6.03 Å². The predicted octanol–water partition coefficient (Wildman–Crippen LogP) is 1.51. The smallest absolute Gasteiger partial charge is 0.334 e. The lowest BCUT2D eigenvalue weighted by Crippen LogP contribution is -2.27. The van der Waals surface area contributed by atoms with E-state index in [4.69, 9.17) is 10.5 Å². The molecule has 17 heavy (non-hydrogen) atoms. The fourth-order valence-electron chi connectivity index (χ4n) is 1.05. The second-order valence-electron chi connectivity index (χ2n) is 3.15. The summed E-state index contributed by atoms with van der Waals surface area (Å²) in [7, 11) is 2.85. The molecule has 0 atom stereocenters. The number of phenols is 1. The minimum absolute atomic E-state index is 0.0580. The average Bonchev–Trinajstić information content (AvgIpc) is 2.29. The molecule has 0 aromatic heterocycles. The van der Waals surface area contributed by atoms with Gasteiger partial charge in [-0.05, 0) is 12.1 Å². The summed E-state index contributed by atoms with van der Waals surface area (Å²) in [5.41, 5.74) is 5.41. The lowest BCUT2D eigenvalue weighted by molar-refractivity contribution is 0.220. The SMILES string of the molecule is COc1cc(Br)cc(C=NN(C)C(N)=O)c1O. The van der Waals surface area contributed by atoms with Crippen molar-refractivity contribution in [3.05, 3.63) is 22.2 Å². The van der Waals surface area contributed by atoms with Gasteiger partial charge in [-0.25, -0.2) is 9.80 Å². The van der Waals surface area contributed by atoms with E-state index >= 15 is 0 Å². The third-order valence-corrected chi connectivity index (χ3v) is 2.44. The van der Waals surface area contributed by atoms with Crippen molar-refractivity contribution in [2.45, 2.75) is 0 Å². The maximum Gasteiger partial charge on any atom is 0.334 e. The molecule has 0 heterocycles. The van der Waals surface area contributed by atoms with Crippen LogP contribution >= 0.6 is 15.9 Å². The summed E-state index contributed by atoms with van der Waals surface area (Å²) in [6.07, 6.45) is 1.31. The van der Waals surface area contributed by atoms with Crippen molar-refractivity contribution in [2.75, 3.05) is 14.2 Å². The molecule has 0 saturated heterocycles. The number of amides is 2. The van der Waals surface area contributed by atoms with Crippen LogP contribution < -0.4 is 10.5 Å². The van der Waals surface area contributed by atoms with Gasteiger partial charge in [0.25, 0.3) is 0 Å². The van der Waals surface area contributed by atoms with Gasteiger partial charge in [-0.15, -0.1) is 0 Å². The first-order chi connectivity index (χ1) is 7.95. The van der Waals surface area contributed by atoms with E-state index in [1.165, 1.54) is 20.4 Å². The van der Waals surface area contributed by atoms with Crippen LogP contribution in [0, 0.1) is 0 Å². The number of hydrogen-bond donors (Lipinski definition) is 2. The molecule has 1 rings (SSSR count). The molecular weight excluding hydrogens is 290 g/mol. The Kier molecular flexibility index (Phi) is 4.33. The molecule has 0 fully saturated rings. The number of primary amides is 1. The maximum absolute atomic E-state index is 10.7. The number of nitrogens with zero attached hydrogens (tertiary/aromatic N) is 2. The van der Waals surface area contributed by atoms with Gasteiger partial charge in [-0.1, -0.05) is 15.9 Å². The number of hydrogen-bond acceptors (Lipinski definition) is 4. The molecule has 92 valence electrons. The number of benzene rings is 1. The van der Waals surface area contributed by atoms with E-state index in [1.54, 1.807) is 12.1 Å². The largest absolute Gasteiger partial charge is 0.504 e. The zero-order chi connectivity index (χ0) is 13.0. The molecule has 0 radical (unpaired) electrons. The zero-order valence-electron chi connectivity index (χ0n) is 9.35. The number of carbonyl (C=O) groups excluding carboxylic acids is 1. The topological polar surface area (TPSA) is 88.1 Å². The summed E-state index contributed by atoms with van der Waals surface area (Å²) in [6, 6.07) is 2.56. The van der Waals surface area contributed by atoms with Gasteiger partial charge in [0, 0.05) is 17.1 Å². The van der Waals surface area contributed by atoms with Crippen LogP contribution in [-0.4, -0.2) is 36.5 Å². The van der Waals surface area contributed by atoms with Crippen LogP contribution in [0.15, 0.2) is 21.7 Å². The molecule has 0 aliphatic carbocycles. The Morgan fingerprint density at radius 2 is 2.29 bits per heavy atom. The number of methoxy groups -OCH3 is 1. The van der Waals surface area contributed by atoms with E-state index < -0.39 is 6.03 Å². The number of aromatic hydroxyl groups is 1. The standard InChI is InChI=1S/C10H12BrN3O3/c1-14(10(12)16)13-5-6-3-7(11)4-8(17-2)9(6)15/h3-5,15H,1-2H3,(H2,12,16). The van der Waals surface area contributed by atoms with Crippen molar-refractivity contribution in [1.29, 1.82) is 0 Å². The number of ether oxygens (including phenoxy) is 1. The average molecular weight is 302 g/mol. The molecule has 2 amide bonds. The third kappa shape index (κ3) is 3.35. The highest BCUT2D eigenvalue weighted by Gasteiger charge is 2.08. The fraction of sp³-hybridized carbons (Fsp3) is 0.200. The van der Waals surface area contributed by atoms with Crippen molar-refractivity contribution < 1.29 is 14.6 Å². The number of rotatable bonds is 3. The number of carbonyl (C=O) groups is 1. The number of nitrogens with two attached hydrogens (primary N) is 1. The number of phenolic OH excluding ortho intramolecular Hbond substituents is 1. The van der Waals surface area contributed by atoms with E-state index in [2.05, 4.69) is 21.0 Å². The lowest BCUT2D eigenvalue weighted by atomic mass is 10.2. The first-order valence-corrected chi connectivity index (χ1v) is 5.38. The van der Waals surface area contributed by atoms with Crippen molar-refractivity contribution in [1.82, 2.24) is 5.01 Å². The second kappa shape index (κ2) is 5.53. The quantitative estimate of drug-likeness (QED) is 0.655. The van der Waals surface area contributed by atoms with E-state index in [-0.39, 0.29) is 5.75 Å². The number of halogens is 1. The summed E-state index contributed by atoms with van der Waals surface area (Å²) in [5.74, 6) is 0.250. The van der Waals surface area contributed by atoms with Crippen LogP contribution in [0.1, 0.15) is 5.56 Å².